The number of nitrogens with zero attached hydrogens (tertiary/aromatic N) is 1. The number of carbonyl (C=O) groups excluding carboxylic acids is 2. The maximum Gasteiger partial charge on any atom is 0.417 e. The Hall–Kier alpha value is -3.37. The molecule has 1 aromatic carbocycles. The highest BCUT2D eigenvalue weighted by atomic mass is 32.1. The lowest BCUT2D eigenvalue weighted by Gasteiger charge is -2.44. The molecule has 3 N–H and O–H groups in total. The summed E-state index contributed by atoms with van der Waals surface area (Å²) in [5.41, 5.74) is 0.895. The average molecular weight is 444 g/mol. The summed E-state index contributed by atoms with van der Waals surface area (Å²) in [6.45, 7) is 1.52. The van der Waals surface area contributed by atoms with Crippen molar-refractivity contribution in [2.24, 2.45) is 5.92 Å². The van der Waals surface area contributed by atoms with E-state index in [1.165, 1.54) is 36.3 Å². The van der Waals surface area contributed by atoms with Gasteiger partial charge in [-0.1, -0.05) is 6.07 Å². The van der Waals surface area contributed by atoms with Gasteiger partial charge < -0.3 is 24.6 Å². The molecule has 0 bridgehead atoms. The van der Waals surface area contributed by atoms with Crippen LogP contribution in [0.15, 0.2) is 41.4 Å². The molecule has 10 heteroatoms. The van der Waals surface area contributed by atoms with E-state index in [0.717, 1.165) is 0 Å². The Labute approximate surface area is 181 Å². The average Bonchev–Trinajstić information content (AvgIpc) is 3.33. The number of β-lactam (4-membered cyclic amide) rings is 1. The molecule has 1 aromatic heterocycles. The molecule has 9 nitrogen and oxygen atoms in total. The topological polar surface area (TPSA) is 125 Å². The van der Waals surface area contributed by atoms with Crippen molar-refractivity contribution in [1.82, 2.24) is 4.90 Å². The van der Waals surface area contributed by atoms with E-state index in [0.29, 0.717) is 22.6 Å². The van der Waals surface area contributed by atoms with Crippen LogP contribution >= 0.6 is 11.3 Å². The number of nitrogens with one attached hydrogen (secondary N) is 1. The van der Waals surface area contributed by atoms with Crippen LogP contribution in [-0.4, -0.2) is 52.3 Å². The summed E-state index contributed by atoms with van der Waals surface area (Å²) >= 11 is 1.35. The number of carboxylic acids is 1. The minimum Gasteiger partial charge on any atom is -0.493 e. The zero-order chi connectivity index (χ0) is 22.3. The molecular formula is C21H20N2O7S. The van der Waals surface area contributed by atoms with Gasteiger partial charge >= 0.3 is 12.1 Å². The molecule has 1 saturated heterocycles. The number of methoxy groups -OCH3 is 1. The first-order chi connectivity index (χ1) is 14.8. The Balaban J connectivity index is 1.61. The molecule has 1 fully saturated rings. The number of ether oxygens (including phenoxy) is 2. The van der Waals surface area contributed by atoms with E-state index in [2.05, 4.69) is 5.32 Å². The number of aliphatic hydroxyl groups is 1. The summed E-state index contributed by atoms with van der Waals surface area (Å²) in [5.74, 6) is -1.84. The van der Waals surface area contributed by atoms with Gasteiger partial charge in [0.15, 0.2) is 11.5 Å². The lowest BCUT2D eigenvalue weighted by molar-refractivity contribution is -0.161. The van der Waals surface area contributed by atoms with Crippen molar-refractivity contribution >= 4 is 39.9 Å². The Morgan fingerprint density at radius 1 is 1.29 bits per heavy atom. The fourth-order valence-electron chi connectivity index (χ4n) is 4.04. The highest BCUT2D eigenvalue weighted by molar-refractivity contribution is 7.14. The lowest BCUT2D eigenvalue weighted by atomic mass is 9.82. The Bertz CT molecular complexity index is 1080. The molecule has 162 valence electrons. The van der Waals surface area contributed by atoms with E-state index in [1.807, 2.05) is 5.38 Å². The molecule has 4 rings (SSSR count). The monoisotopic (exact) mass is 444 g/mol. The predicted molar refractivity (Wildman–Crippen MR) is 112 cm³/mol. The van der Waals surface area contributed by atoms with Crippen molar-refractivity contribution in [2.75, 3.05) is 12.4 Å². The van der Waals surface area contributed by atoms with Crippen LogP contribution in [0.1, 0.15) is 18.9 Å². The van der Waals surface area contributed by atoms with Crippen LogP contribution in [0.4, 0.5) is 9.80 Å². The number of hydrogen-bond acceptors (Lipinski definition) is 7. The number of aliphatic carboxylic acids is 1. The standard InChI is InChI=1S/C21H20N2O7S/c1-10(24)17-13-9-12(18(20(26)27)23(13)19(17)25)11-5-6-14(15(8-11)29-2)30-21(28)22-16-4-3-7-31-16/h3-8,10,13,17,24H,9H2,1-2H3,(H,22,28)(H,26,27)/t10-,13-,17-/m1/s1. The van der Waals surface area contributed by atoms with Crippen LogP contribution in [0.3, 0.4) is 0 Å². The van der Waals surface area contributed by atoms with E-state index >= 15 is 0 Å². The van der Waals surface area contributed by atoms with E-state index < -0.39 is 36.0 Å². The molecule has 2 aliphatic heterocycles. The fraction of sp³-hybridized carbons (Fsp3) is 0.286. The first kappa shape index (κ1) is 20.9. The number of anilines is 1. The Morgan fingerprint density at radius 2 is 2.06 bits per heavy atom. The van der Waals surface area contributed by atoms with Crippen LogP contribution in [-0.2, 0) is 9.59 Å². The van der Waals surface area contributed by atoms with E-state index in [4.69, 9.17) is 9.47 Å². The molecule has 2 aliphatic rings. The molecular weight excluding hydrogens is 424 g/mol. The number of amides is 2. The number of carbonyl (C=O) groups is 3. The second kappa shape index (κ2) is 8.05. The molecule has 0 radical (unpaired) electrons. The molecule has 3 heterocycles. The quantitative estimate of drug-likeness (QED) is 0.585. The summed E-state index contributed by atoms with van der Waals surface area (Å²) in [4.78, 5) is 37.6. The number of thiophene rings is 1. The second-order valence-electron chi connectivity index (χ2n) is 7.24. The SMILES string of the molecule is COc1cc(C2=C(C(=O)O)N3C(=O)[C@H]([C@@H](C)O)[C@H]3C2)ccc1OC(=O)Nc1cccs1. The zero-order valence-corrected chi connectivity index (χ0v) is 17.5. The number of carboxylic acid groups (broad SMARTS) is 1. The molecule has 31 heavy (non-hydrogen) atoms. The van der Waals surface area contributed by atoms with Crippen molar-refractivity contribution in [2.45, 2.75) is 25.5 Å². The summed E-state index contributed by atoms with van der Waals surface area (Å²) in [6, 6.07) is 7.82. The third kappa shape index (κ3) is 3.64. The smallest absolute Gasteiger partial charge is 0.417 e. The largest absolute Gasteiger partial charge is 0.493 e. The first-order valence-electron chi connectivity index (χ1n) is 9.50. The van der Waals surface area contributed by atoms with Crippen LogP contribution < -0.4 is 14.8 Å². The van der Waals surface area contributed by atoms with Gasteiger partial charge in [-0.3, -0.25) is 10.1 Å². The van der Waals surface area contributed by atoms with Gasteiger partial charge in [-0.2, -0.15) is 0 Å². The van der Waals surface area contributed by atoms with Gasteiger partial charge in [0.25, 0.3) is 0 Å². The number of fused-ring (bicyclic) bond motifs is 1. The number of hydrogen-bond donors (Lipinski definition) is 3. The van der Waals surface area contributed by atoms with Crippen molar-refractivity contribution in [3.8, 4) is 11.5 Å². The predicted octanol–water partition coefficient (Wildman–Crippen LogP) is 2.77. The van der Waals surface area contributed by atoms with Gasteiger partial charge in [-0.25, -0.2) is 9.59 Å². The molecule has 3 atom stereocenters. The van der Waals surface area contributed by atoms with Crippen LogP contribution in [0.2, 0.25) is 0 Å². The maximum absolute atomic E-state index is 12.4. The van der Waals surface area contributed by atoms with Gasteiger partial charge in [0.05, 0.1) is 30.2 Å². The lowest BCUT2D eigenvalue weighted by Crippen LogP contribution is -2.61. The Kier molecular flexibility index (Phi) is 5.42. The summed E-state index contributed by atoms with van der Waals surface area (Å²) in [6.07, 6.45) is -1.25. The molecule has 0 spiro atoms. The highest BCUT2D eigenvalue weighted by Gasteiger charge is 2.56. The van der Waals surface area contributed by atoms with Crippen LogP contribution in [0, 0.1) is 5.92 Å². The first-order valence-corrected chi connectivity index (χ1v) is 10.4. The Morgan fingerprint density at radius 3 is 2.68 bits per heavy atom. The fourth-order valence-corrected chi connectivity index (χ4v) is 4.65. The number of aliphatic hydroxyl groups excluding tert-OH is 1. The van der Waals surface area contributed by atoms with Crippen LogP contribution in [0.5, 0.6) is 11.5 Å². The van der Waals surface area contributed by atoms with Gasteiger partial charge in [-0.05, 0) is 54.1 Å². The second-order valence-corrected chi connectivity index (χ2v) is 8.18. The molecule has 2 aromatic rings. The van der Waals surface area contributed by atoms with Crippen molar-refractivity contribution in [3.05, 3.63) is 47.0 Å². The number of rotatable bonds is 6. The normalized spacial score (nSPS) is 20.7. The summed E-state index contributed by atoms with van der Waals surface area (Å²) in [5, 5.41) is 24.6. The maximum atomic E-state index is 12.4. The van der Waals surface area contributed by atoms with Gasteiger partial charge in [0.1, 0.15) is 5.70 Å². The zero-order valence-electron chi connectivity index (χ0n) is 16.7. The number of benzene rings is 1. The van der Waals surface area contributed by atoms with Gasteiger partial charge in [0.2, 0.25) is 5.91 Å². The third-order valence-corrected chi connectivity index (χ3v) is 6.18. The van der Waals surface area contributed by atoms with Crippen LogP contribution in [0.25, 0.3) is 5.57 Å². The van der Waals surface area contributed by atoms with Crippen molar-refractivity contribution in [3.63, 3.8) is 0 Å². The van der Waals surface area contributed by atoms with E-state index in [9.17, 15) is 24.6 Å². The minimum absolute atomic E-state index is 0.0990. The molecule has 0 saturated carbocycles. The van der Waals surface area contributed by atoms with Gasteiger partial charge in [0, 0.05) is 0 Å². The van der Waals surface area contributed by atoms with Crippen molar-refractivity contribution in [1.29, 1.82) is 0 Å². The van der Waals surface area contributed by atoms with E-state index in [1.54, 1.807) is 24.3 Å². The summed E-state index contributed by atoms with van der Waals surface area (Å²) in [7, 11) is 1.41. The highest BCUT2D eigenvalue weighted by Crippen LogP contribution is 2.47. The third-order valence-electron chi connectivity index (χ3n) is 5.39. The van der Waals surface area contributed by atoms with Gasteiger partial charge in [-0.15, -0.1) is 11.3 Å². The van der Waals surface area contributed by atoms with Crippen molar-refractivity contribution < 1.29 is 34.1 Å². The molecule has 0 aliphatic carbocycles. The minimum atomic E-state index is -1.22. The van der Waals surface area contributed by atoms with E-state index in [-0.39, 0.29) is 17.2 Å². The summed E-state index contributed by atoms with van der Waals surface area (Å²) < 4.78 is 10.7. The molecule has 2 amide bonds. The molecule has 0 unspecified atom stereocenters.